The van der Waals surface area contributed by atoms with Crippen LogP contribution >= 0.6 is 15.9 Å². The summed E-state index contributed by atoms with van der Waals surface area (Å²) in [6.07, 6.45) is -4.30. The molecule has 0 spiro atoms. The van der Waals surface area contributed by atoms with Gasteiger partial charge in [0, 0.05) is 16.5 Å². The van der Waals surface area contributed by atoms with Crippen LogP contribution in [-0.2, 0) is 16.0 Å². The predicted octanol–water partition coefficient (Wildman–Crippen LogP) is 3.33. The van der Waals surface area contributed by atoms with Gasteiger partial charge in [0.15, 0.2) is 0 Å². The van der Waals surface area contributed by atoms with E-state index < -0.39 is 27.7 Å². The molecule has 0 amide bonds. The zero-order valence-electron chi connectivity index (χ0n) is 10.6. The lowest BCUT2D eigenvalue weighted by Crippen LogP contribution is -2.09. The van der Waals surface area contributed by atoms with E-state index in [1.807, 2.05) is 0 Å². The lowest BCUT2D eigenvalue weighted by atomic mass is 10.0. The maximum atomic E-state index is 12.6. The summed E-state index contributed by atoms with van der Waals surface area (Å²) >= 11 is 3.08. The first kappa shape index (κ1) is 17.5. The van der Waals surface area contributed by atoms with Crippen molar-refractivity contribution in [2.75, 3.05) is 12.0 Å². The van der Waals surface area contributed by atoms with E-state index in [0.29, 0.717) is 4.47 Å². The van der Waals surface area contributed by atoms with Gasteiger partial charge in [-0.1, -0.05) is 15.9 Å². The zero-order chi connectivity index (χ0) is 15.6. The minimum absolute atomic E-state index is 0.0764. The second kappa shape index (κ2) is 6.44. The van der Waals surface area contributed by atoms with E-state index in [1.165, 1.54) is 6.07 Å². The quantitative estimate of drug-likeness (QED) is 0.859. The van der Waals surface area contributed by atoms with Gasteiger partial charge >= 0.3 is 6.18 Å². The molecular formula is C12H14BrF3O3S. The molecule has 1 atom stereocenters. The van der Waals surface area contributed by atoms with Crippen molar-refractivity contribution in [1.82, 2.24) is 0 Å². The Morgan fingerprint density at radius 2 is 1.95 bits per heavy atom. The Kier molecular flexibility index (Phi) is 5.62. The molecule has 0 aliphatic heterocycles. The Morgan fingerprint density at radius 3 is 2.45 bits per heavy atom. The summed E-state index contributed by atoms with van der Waals surface area (Å²) in [4.78, 5) is 0. The van der Waals surface area contributed by atoms with Gasteiger partial charge in [-0.15, -0.1) is 0 Å². The molecule has 1 aromatic carbocycles. The Labute approximate surface area is 123 Å². The van der Waals surface area contributed by atoms with Crippen LogP contribution in [0.2, 0.25) is 0 Å². The van der Waals surface area contributed by atoms with Crippen LogP contribution in [0.15, 0.2) is 22.7 Å². The molecule has 0 aliphatic carbocycles. The molecule has 114 valence electrons. The Balaban J connectivity index is 2.84. The van der Waals surface area contributed by atoms with Crippen LogP contribution in [0.25, 0.3) is 0 Å². The fraction of sp³-hybridized carbons (Fsp3) is 0.500. The highest BCUT2D eigenvalue weighted by molar-refractivity contribution is 9.10. The van der Waals surface area contributed by atoms with Gasteiger partial charge in [0.1, 0.15) is 9.84 Å². The number of hydrogen-bond donors (Lipinski definition) is 1. The molecule has 0 saturated heterocycles. The van der Waals surface area contributed by atoms with Crippen molar-refractivity contribution in [3.05, 3.63) is 33.8 Å². The van der Waals surface area contributed by atoms with Gasteiger partial charge in [-0.25, -0.2) is 8.42 Å². The number of aliphatic hydroxyl groups is 1. The zero-order valence-corrected chi connectivity index (χ0v) is 13.0. The van der Waals surface area contributed by atoms with Crippen molar-refractivity contribution in [3.8, 4) is 0 Å². The van der Waals surface area contributed by atoms with E-state index in [-0.39, 0.29) is 24.2 Å². The highest BCUT2D eigenvalue weighted by Crippen LogP contribution is 2.34. The maximum Gasteiger partial charge on any atom is 0.416 e. The van der Waals surface area contributed by atoms with Crippen LogP contribution in [0, 0.1) is 0 Å². The maximum absolute atomic E-state index is 12.6. The van der Waals surface area contributed by atoms with E-state index in [0.717, 1.165) is 18.4 Å². The molecule has 0 fully saturated rings. The van der Waals surface area contributed by atoms with Gasteiger partial charge in [0.2, 0.25) is 0 Å². The van der Waals surface area contributed by atoms with Crippen LogP contribution < -0.4 is 0 Å². The van der Waals surface area contributed by atoms with Crippen molar-refractivity contribution in [2.45, 2.75) is 25.1 Å². The van der Waals surface area contributed by atoms with Crippen molar-refractivity contribution < 1.29 is 26.7 Å². The molecule has 8 heteroatoms. The third kappa shape index (κ3) is 5.41. The highest BCUT2D eigenvalue weighted by atomic mass is 79.9. The highest BCUT2D eigenvalue weighted by Gasteiger charge is 2.31. The van der Waals surface area contributed by atoms with Gasteiger partial charge in [-0.3, -0.25) is 0 Å². The van der Waals surface area contributed by atoms with Crippen molar-refractivity contribution in [2.24, 2.45) is 0 Å². The first-order valence-electron chi connectivity index (χ1n) is 5.73. The lowest BCUT2D eigenvalue weighted by Gasteiger charge is -2.15. The Morgan fingerprint density at radius 1 is 1.35 bits per heavy atom. The van der Waals surface area contributed by atoms with Gasteiger partial charge in [0.25, 0.3) is 0 Å². The number of aliphatic hydroxyl groups excluding tert-OH is 1. The van der Waals surface area contributed by atoms with E-state index in [9.17, 15) is 26.7 Å². The fourth-order valence-corrected chi connectivity index (χ4v) is 2.87. The molecule has 1 N–H and O–H groups in total. The minimum atomic E-state index is -4.48. The fourth-order valence-electron chi connectivity index (χ4n) is 1.67. The summed E-state index contributed by atoms with van der Waals surface area (Å²) in [5.41, 5.74) is -0.744. The summed E-state index contributed by atoms with van der Waals surface area (Å²) in [5.74, 6) is -0.110. The van der Waals surface area contributed by atoms with Gasteiger partial charge < -0.3 is 5.11 Å². The van der Waals surface area contributed by atoms with Crippen LogP contribution in [0.4, 0.5) is 13.2 Å². The van der Waals surface area contributed by atoms with E-state index in [4.69, 9.17) is 0 Å². The number of benzene rings is 1. The topological polar surface area (TPSA) is 54.4 Å². The average molecular weight is 375 g/mol. The molecule has 0 aliphatic rings. The molecule has 0 bridgehead atoms. The lowest BCUT2D eigenvalue weighted by molar-refractivity contribution is -0.137. The third-order valence-corrected chi connectivity index (χ3v) is 4.43. The van der Waals surface area contributed by atoms with Crippen LogP contribution in [0.5, 0.6) is 0 Å². The van der Waals surface area contributed by atoms with E-state index >= 15 is 0 Å². The van der Waals surface area contributed by atoms with Gasteiger partial charge in [-0.05, 0) is 36.6 Å². The minimum Gasteiger partial charge on any atom is -0.388 e. The van der Waals surface area contributed by atoms with E-state index in [2.05, 4.69) is 15.9 Å². The third-order valence-electron chi connectivity index (χ3n) is 2.68. The number of sulfone groups is 1. The standard InChI is InChI=1S/C12H14BrF3O3S/c1-20(18,19)6-2-3-11(17)9-7-8(12(14,15)16)4-5-10(9)13/h4-5,7,11,17H,2-3,6H2,1H3. The smallest absolute Gasteiger partial charge is 0.388 e. The number of rotatable bonds is 5. The predicted molar refractivity (Wildman–Crippen MR) is 73.0 cm³/mol. The van der Waals surface area contributed by atoms with Crippen LogP contribution in [-0.4, -0.2) is 25.5 Å². The molecule has 3 nitrogen and oxygen atoms in total. The molecule has 1 unspecified atom stereocenters. The first-order chi connectivity index (χ1) is 9.00. The molecular weight excluding hydrogens is 361 g/mol. The SMILES string of the molecule is CS(=O)(=O)CCCC(O)c1cc(C(F)(F)F)ccc1Br. The van der Waals surface area contributed by atoms with Gasteiger partial charge in [-0.2, -0.15) is 13.2 Å². The van der Waals surface area contributed by atoms with Crippen LogP contribution in [0.3, 0.4) is 0 Å². The average Bonchev–Trinajstić information content (AvgIpc) is 2.25. The largest absolute Gasteiger partial charge is 0.416 e. The number of halogens is 4. The summed E-state index contributed by atoms with van der Waals surface area (Å²) in [5, 5.41) is 9.90. The molecule has 0 saturated carbocycles. The molecule has 1 rings (SSSR count). The first-order valence-corrected chi connectivity index (χ1v) is 8.58. The molecule has 1 aromatic rings. The van der Waals surface area contributed by atoms with Crippen molar-refractivity contribution in [1.29, 1.82) is 0 Å². The molecule has 0 aromatic heterocycles. The normalized spacial score (nSPS) is 14.3. The van der Waals surface area contributed by atoms with Gasteiger partial charge in [0.05, 0.1) is 11.7 Å². The summed E-state index contributed by atoms with van der Waals surface area (Å²) in [6, 6.07) is 3.00. The van der Waals surface area contributed by atoms with Crippen molar-refractivity contribution in [3.63, 3.8) is 0 Å². The summed E-state index contributed by atoms with van der Waals surface area (Å²) in [6.45, 7) is 0. The van der Waals surface area contributed by atoms with Crippen molar-refractivity contribution >= 4 is 25.8 Å². The summed E-state index contributed by atoms with van der Waals surface area (Å²) in [7, 11) is -3.15. The second-order valence-electron chi connectivity index (χ2n) is 4.52. The monoisotopic (exact) mass is 374 g/mol. The van der Waals surface area contributed by atoms with E-state index in [1.54, 1.807) is 0 Å². The molecule has 0 heterocycles. The Bertz CT molecular complexity index is 570. The summed E-state index contributed by atoms with van der Waals surface area (Å²) < 4.78 is 60.1. The number of alkyl halides is 3. The molecule has 0 radical (unpaired) electrons. The van der Waals surface area contributed by atoms with Crippen LogP contribution in [0.1, 0.15) is 30.1 Å². The Hall–Kier alpha value is -0.600. The molecule has 20 heavy (non-hydrogen) atoms. The second-order valence-corrected chi connectivity index (χ2v) is 7.64. The number of hydrogen-bond acceptors (Lipinski definition) is 3.